The first-order chi connectivity index (χ1) is 12.9. The van der Waals surface area contributed by atoms with E-state index >= 15 is 0 Å². The molecule has 7 nitrogen and oxygen atoms in total. The summed E-state index contributed by atoms with van der Waals surface area (Å²) >= 11 is 1.19. The van der Waals surface area contributed by atoms with Crippen LogP contribution >= 0.6 is 11.3 Å². The van der Waals surface area contributed by atoms with Crippen LogP contribution in [-0.4, -0.2) is 27.9 Å². The Morgan fingerprint density at radius 2 is 1.89 bits per heavy atom. The fourth-order valence-corrected chi connectivity index (χ4v) is 3.69. The van der Waals surface area contributed by atoms with Gasteiger partial charge in [0.25, 0.3) is 17.4 Å². The van der Waals surface area contributed by atoms with Crippen molar-refractivity contribution in [2.75, 3.05) is 11.9 Å². The van der Waals surface area contributed by atoms with Crippen LogP contribution in [0, 0.1) is 6.92 Å². The molecule has 0 aliphatic rings. The van der Waals surface area contributed by atoms with Crippen LogP contribution in [0.4, 0.5) is 5.69 Å². The van der Waals surface area contributed by atoms with Gasteiger partial charge in [0.15, 0.2) is 0 Å². The molecule has 0 aliphatic heterocycles. The number of nitrogens with one attached hydrogen (secondary N) is 2. The van der Waals surface area contributed by atoms with Crippen molar-refractivity contribution >= 4 is 39.1 Å². The topological polar surface area (TPSA) is 93.1 Å². The van der Waals surface area contributed by atoms with Gasteiger partial charge in [0.1, 0.15) is 4.83 Å². The van der Waals surface area contributed by atoms with Crippen molar-refractivity contribution in [3.63, 3.8) is 0 Å². The van der Waals surface area contributed by atoms with Gasteiger partial charge >= 0.3 is 0 Å². The molecule has 0 aliphatic carbocycles. The lowest BCUT2D eigenvalue weighted by molar-refractivity contribution is 0.0953. The number of aryl methyl sites for hydroxylation is 2. The van der Waals surface area contributed by atoms with Gasteiger partial charge in [0.2, 0.25) is 0 Å². The second-order valence-electron chi connectivity index (χ2n) is 6.18. The number of carbonyl (C=O) groups is 2. The minimum absolute atomic E-state index is 0.142. The molecule has 2 N–H and O–H groups in total. The van der Waals surface area contributed by atoms with Crippen LogP contribution in [0.15, 0.2) is 35.4 Å². The molecular weight excluding hydrogens is 364 g/mol. The summed E-state index contributed by atoms with van der Waals surface area (Å²) in [6.07, 6.45) is 2.32. The molecule has 140 valence electrons. The molecule has 3 rings (SSSR count). The van der Waals surface area contributed by atoms with Gasteiger partial charge in [-0.2, -0.15) is 0 Å². The maximum atomic E-state index is 12.6. The van der Waals surface area contributed by atoms with Crippen LogP contribution in [0.5, 0.6) is 0 Å². The van der Waals surface area contributed by atoms with Crippen molar-refractivity contribution in [2.24, 2.45) is 7.05 Å². The number of thiophene rings is 1. The Morgan fingerprint density at radius 3 is 2.56 bits per heavy atom. The summed E-state index contributed by atoms with van der Waals surface area (Å²) in [7, 11) is 1.63. The number of hydrogen-bond donors (Lipinski definition) is 2. The number of carbonyl (C=O) groups excluding carboxylic acids is 2. The zero-order valence-electron chi connectivity index (χ0n) is 15.3. The van der Waals surface area contributed by atoms with E-state index in [0.717, 1.165) is 6.42 Å². The molecule has 2 amide bonds. The van der Waals surface area contributed by atoms with Crippen molar-refractivity contribution in [1.82, 2.24) is 14.9 Å². The number of benzene rings is 1. The molecule has 0 saturated heterocycles. The Balaban J connectivity index is 1.81. The molecule has 0 radical (unpaired) electrons. The van der Waals surface area contributed by atoms with E-state index in [0.29, 0.717) is 38.5 Å². The third kappa shape index (κ3) is 3.75. The van der Waals surface area contributed by atoms with E-state index in [1.807, 2.05) is 6.92 Å². The summed E-state index contributed by atoms with van der Waals surface area (Å²) in [6.45, 7) is 4.36. The van der Waals surface area contributed by atoms with Gasteiger partial charge in [-0.25, -0.2) is 4.98 Å². The maximum absolute atomic E-state index is 12.6. The second kappa shape index (κ2) is 7.71. The van der Waals surface area contributed by atoms with Gasteiger partial charge in [0, 0.05) is 24.8 Å². The highest BCUT2D eigenvalue weighted by atomic mass is 32.1. The Hall–Kier alpha value is -3.00. The lowest BCUT2D eigenvalue weighted by atomic mass is 10.1. The minimum atomic E-state index is -0.305. The van der Waals surface area contributed by atoms with Crippen LogP contribution in [0.25, 0.3) is 10.2 Å². The summed E-state index contributed by atoms with van der Waals surface area (Å²) in [6, 6.07) is 6.68. The summed E-state index contributed by atoms with van der Waals surface area (Å²) < 4.78 is 1.39. The largest absolute Gasteiger partial charge is 0.352 e. The third-order valence-corrected chi connectivity index (χ3v) is 5.36. The van der Waals surface area contributed by atoms with Crippen molar-refractivity contribution in [1.29, 1.82) is 0 Å². The standard InChI is InChI=1S/C19H20N4O3S/c1-4-9-20-16(24)12-5-7-13(8-6-12)22-17(25)15-11(2)14-18(27-15)21-10-23(3)19(14)26/h5-8,10H,4,9H2,1-3H3,(H,20,24)(H,22,25). The van der Waals surface area contributed by atoms with Crippen LogP contribution < -0.4 is 16.2 Å². The molecular formula is C19H20N4O3S. The second-order valence-corrected chi connectivity index (χ2v) is 7.18. The van der Waals surface area contributed by atoms with Gasteiger partial charge in [-0.1, -0.05) is 6.92 Å². The summed E-state index contributed by atoms with van der Waals surface area (Å²) in [4.78, 5) is 42.1. The predicted molar refractivity (Wildman–Crippen MR) is 107 cm³/mol. The third-order valence-electron chi connectivity index (χ3n) is 4.16. The van der Waals surface area contributed by atoms with Gasteiger partial charge in [-0.3, -0.25) is 14.4 Å². The normalized spacial score (nSPS) is 10.8. The Morgan fingerprint density at radius 1 is 1.19 bits per heavy atom. The lowest BCUT2D eigenvalue weighted by Gasteiger charge is -2.07. The highest BCUT2D eigenvalue weighted by Gasteiger charge is 2.19. The van der Waals surface area contributed by atoms with Crippen molar-refractivity contribution in [2.45, 2.75) is 20.3 Å². The zero-order valence-corrected chi connectivity index (χ0v) is 16.1. The highest BCUT2D eigenvalue weighted by Crippen LogP contribution is 2.27. The van der Waals surface area contributed by atoms with E-state index in [1.54, 1.807) is 38.2 Å². The predicted octanol–water partition coefficient (Wildman–Crippen LogP) is 2.70. The summed E-state index contributed by atoms with van der Waals surface area (Å²) in [5.74, 6) is -0.447. The monoisotopic (exact) mass is 384 g/mol. The molecule has 0 unspecified atom stereocenters. The van der Waals surface area contributed by atoms with Crippen molar-refractivity contribution in [3.8, 4) is 0 Å². The van der Waals surface area contributed by atoms with Gasteiger partial charge < -0.3 is 15.2 Å². The smallest absolute Gasteiger partial charge is 0.266 e. The number of nitrogens with zero attached hydrogens (tertiary/aromatic N) is 2. The first-order valence-electron chi connectivity index (χ1n) is 8.56. The quantitative estimate of drug-likeness (QED) is 0.707. The molecule has 0 saturated carbocycles. The molecule has 2 heterocycles. The van der Waals surface area contributed by atoms with Crippen LogP contribution in [0.3, 0.4) is 0 Å². The maximum Gasteiger partial charge on any atom is 0.266 e. The van der Waals surface area contributed by atoms with E-state index in [2.05, 4.69) is 15.6 Å². The molecule has 0 atom stereocenters. The average Bonchev–Trinajstić information content (AvgIpc) is 3.00. The summed E-state index contributed by atoms with van der Waals surface area (Å²) in [5, 5.41) is 6.08. The zero-order chi connectivity index (χ0) is 19.6. The van der Waals surface area contributed by atoms with E-state index in [1.165, 1.54) is 22.2 Å². The molecule has 3 aromatic rings. The fourth-order valence-electron chi connectivity index (χ4n) is 2.66. The van der Waals surface area contributed by atoms with Crippen LogP contribution in [0.1, 0.15) is 38.9 Å². The molecule has 27 heavy (non-hydrogen) atoms. The van der Waals surface area contributed by atoms with E-state index in [-0.39, 0.29) is 17.4 Å². The van der Waals surface area contributed by atoms with Gasteiger partial charge in [-0.15, -0.1) is 11.3 Å². The number of hydrogen-bond acceptors (Lipinski definition) is 5. The lowest BCUT2D eigenvalue weighted by Crippen LogP contribution is -2.23. The van der Waals surface area contributed by atoms with Crippen LogP contribution in [-0.2, 0) is 7.05 Å². The molecule has 2 aromatic heterocycles. The minimum Gasteiger partial charge on any atom is -0.352 e. The first kappa shape index (κ1) is 18.8. The molecule has 0 fully saturated rings. The summed E-state index contributed by atoms with van der Waals surface area (Å²) in [5.41, 5.74) is 1.56. The number of fused-ring (bicyclic) bond motifs is 1. The molecule has 8 heteroatoms. The van der Waals surface area contributed by atoms with E-state index in [9.17, 15) is 14.4 Å². The van der Waals surface area contributed by atoms with Crippen molar-refractivity contribution in [3.05, 3.63) is 57.0 Å². The number of anilines is 1. The number of aromatic nitrogens is 2. The SMILES string of the molecule is CCCNC(=O)c1ccc(NC(=O)c2sc3ncn(C)c(=O)c3c2C)cc1. The number of amides is 2. The van der Waals surface area contributed by atoms with E-state index < -0.39 is 0 Å². The molecule has 1 aromatic carbocycles. The van der Waals surface area contributed by atoms with Crippen LogP contribution in [0.2, 0.25) is 0 Å². The Bertz CT molecular complexity index is 1070. The van der Waals surface area contributed by atoms with Gasteiger partial charge in [0.05, 0.1) is 16.6 Å². The van der Waals surface area contributed by atoms with Crippen molar-refractivity contribution < 1.29 is 9.59 Å². The molecule has 0 bridgehead atoms. The van der Waals surface area contributed by atoms with E-state index in [4.69, 9.17) is 0 Å². The fraction of sp³-hybridized carbons (Fsp3) is 0.263. The first-order valence-corrected chi connectivity index (χ1v) is 9.38. The Kier molecular flexibility index (Phi) is 5.36. The highest BCUT2D eigenvalue weighted by molar-refractivity contribution is 7.20. The number of rotatable bonds is 5. The molecule has 0 spiro atoms. The van der Waals surface area contributed by atoms with Gasteiger partial charge in [-0.05, 0) is 43.2 Å². The average molecular weight is 384 g/mol. The Labute approximate surface area is 160 Å².